The van der Waals surface area contributed by atoms with Gasteiger partial charge in [0.1, 0.15) is 72.6 Å². The third-order valence-electron chi connectivity index (χ3n) is 10.4. The van der Waals surface area contributed by atoms with E-state index in [4.69, 9.17) is 18.9 Å². The van der Waals surface area contributed by atoms with Crippen molar-refractivity contribution in [1.82, 2.24) is 0 Å². The Labute approximate surface area is 288 Å². The van der Waals surface area contributed by atoms with Gasteiger partial charge in [0, 0.05) is 42.9 Å². The van der Waals surface area contributed by atoms with Gasteiger partial charge in [-0.1, -0.05) is 6.92 Å². The Morgan fingerprint density at radius 3 is 2.72 bits per heavy atom. The Morgan fingerprint density at radius 2 is 1.96 bits per heavy atom. The Balaban J connectivity index is 1.15. The molecule has 7 rings (SSSR count). The van der Waals surface area contributed by atoms with Crippen molar-refractivity contribution >= 4 is 28.1 Å². The van der Waals surface area contributed by atoms with Crippen LogP contribution in [0, 0.1) is 6.92 Å². The van der Waals surface area contributed by atoms with Gasteiger partial charge in [0.25, 0.3) is 0 Å². The molecule has 0 saturated carbocycles. The maximum Gasteiger partial charge on any atom is 0.222 e. The minimum atomic E-state index is -2.32. The second-order valence-corrected chi connectivity index (χ2v) is 14.1. The summed E-state index contributed by atoms with van der Waals surface area (Å²) in [6.45, 7) is 6.43. The summed E-state index contributed by atoms with van der Waals surface area (Å²) in [4.78, 5) is 35.3. The molecule has 0 spiro atoms. The monoisotopic (exact) mass is 692 g/mol. The highest BCUT2D eigenvalue weighted by molar-refractivity contribution is 6.08. The van der Waals surface area contributed by atoms with Crippen LogP contribution in [-0.2, 0) is 16.2 Å². The third kappa shape index (κ3) is 5.80. The highest BCUT2D eigenvalue weighted by Gasteiger charge is 2.52. The summed E-state index contributed by atoms with van der Waals surface area (Å²) in [5, 5.41) is 54.1. The van der Waals surface area contributed by atoms with Crippen molar-refractivity contribution < 1.29 is 54.3 Å². The van der Waals surface area contributed by atoms with E-state index < -0.39 is 48.8 Å². The number of aryl methyl sites for hydroxylation is 1. The van der Waals surface area contributed by atoms with E-state index >= 15 is 0 Å². The summed E-state index contributed by atoms with van der Waals surface area (Å²) in [6, 6.07) is 3.00. The molecule has 8 unspecified atom stereocenters. The molecule has 8 atom stereocenters. The van der Waals surface area contributed by atoms with Crippen LogP contribution in [0.4, 0.5) is 5.69 Å². The molecule has 0 amide bonds. The van der Waals surface area contributed by atoms with Crippen molar-refractivity contribution in [3.05, 3.63) is 81.8 Å². The fourth-order valence-corrected chi connectivity index (χ4v) is 7.60. The number of rotatable bonds is 12. The molecule has 0 aliphatic carbocycles. The number of hydrogen-bond donors (Lipinski definition) is 7. The van der Waals surface area contributed by atoms with Gasteiger partial charge in [-0.3, -0.25) is 24.6 Å². The van der Waals surface area contributed by atoms with E-state index in [2.05, 4.69) is 16.9 Å². The second-order valence-electron chi connectivity index (χ2n) is 14.1. The number of aliphatic hydroxyl groups excluding tert-OH is 4. The molecule has 7 N–H and O–H groups in total. The predicted molar refractivity (Wildman–Crippen MR) is 181 cm³/mol. The SMILES string of the molecule is CCC1=C2C=CN=C2C[NH+]1c1c2c(cc3c(=O)cc(C)oc13)CC(OOCC(O)C(O)(C[NH+]1C=CC3=NC=CC31)C(O)C(O)CO)C(C)(C)O2. The summed E-state index contributed by atoms with van der Waals surface area (Å²) >= 11 is 0. The molecule has 14 heteroatoms. The molecular formula is C36H44N4O10+2. The fourth-order valence-electron chi connectivity index (χ4n) is 7.60. The number of fused-ring (bicyclic) bond motifs is 4. The molecular weight excluding hydrogens is 648 g/mol. The third-order valence-corrected chi connectivity index (χ3v) is 10.4. The van der Waals surface area contributed by atoms with Crippen LogP contribution in [0.2, 0.25) is 0 Å². The number of aliphatic imine (C=N–C) groups is 2. The van der Waals surface area contributed by atoms with Crippen molar-refractivity contribution in [2.75, 3.05) is 26.3 Å². The number of allylic oxidation sites excluding steroid dienone is 2. The standard InChI is InChI=1S/C36H42N4O10/c1-5-25-21-6-9-38-24(21)15-40(25)31-32-20(13-22-27(42)12-19(2)48-33(22)31)14-30(35(3,4)49-32)50-47-17-29(44)36(46,34(45)28(43)16-41)18-39-11-8-23-26(39)7-10-37-23/h6-13,26,28-30,34,41,43-46H,5,14-18H2,1-4H3/p+2. The number of nitrogens with one attached hydrogen (secondary N) is 2. The largest absolute Gasteiger partial charge is 0.478 e. The number of aliphatic hydroxyl groups is 5. The lowest BCUT2D eigenvalue weighted by atomic mass is 9.86. The Kier molecular flexibility index (Phi) is 9.03. The van der Waals surface area contributed by atoms with Crippen LogP contribution < -0.4 is 20.0 Å². The van der Waals surface area contributed by atoms with Crippen molar-refractivity contribution in [1.29, 1.82) is 0 Å². The minimum Gasteiger partial charge on any atom is -0.478 e. The number of quaternary nitrogens is 2. The van der Waals surface area contributed by atoms with Crippen LogP contribution in [0.5, 0.6) is 5.75 Å². The number of ether oxygens (including phenoxy) is 1. The summed E-state index contributed by atoms with van der Waals surface area (Å²) < 4.78 is 12.9. The van der Waals surface area contributed by atoms with Gasteiger partial charge in [-0.05, 0) is 39.0 Å². The van der Waals surface area contributed by atoms with Crippen LogP contribution in [0.15, 0.2) is 79.4 Å². The van der Waals surface area contributed by atoms with Crippen LogP contribution in [-0.4, -0.2) is 105 Å². The van der Waals surface area contributed by atoms with Crippen LogP contribution in [0.1, 0.15) is 38.5 Å². The molecule has 1 aromatic carbocycles. The molecule has 0 bridgehead atoms. The maximum atomic E-state index is 13.3. The Morgan fingerprint density at radius 1 is 1.16 bits per heavy atom. The minimum absolute atomic E-state index is 0.180. The molecule has 14 nitrogen and oxygen atoms in total. The lowest BCUT2D eigenvalue weighted by molar-refractivity contribution is -0.861. The number of benzene rings is 1. The first kappa shape index (κ1) is 34.6. The normalized spacial score (nSPS) is 27.5. The first-order valence-electron chi connectivity index (χ1n) is 16.9. The van der Waals surface area contributed by atoms with Crippen molar-refractivity contribution in [3.8, 4) is 5.75 Å². The molecule has 0 radical (unpaired) electrons. The highest BCUT2D eigenvalue weighted by Crippen LogP contribution is 2.43. The van der Waals surface area contributed by atoms with E-state index in [1.807, 2.05) is 26.0 Å². The van der Waals surface area contributed by atoms with E-state index in [0.717, 1.165) is 39.7 Å². The molecule has 0 saturated heterocycles. The zero-order valence-electron chi connectivity index (χ0n) is 28.4. The molecule has 266 valence electrons. The fraction of sp³-hybridized carbons (Fsp3) is 0.472. The van der Waals surface area contributed by atoms with Crippen molar-refractivity contribution in [2.45, 2.75) is 82.2 Å². The van der Waals surface area contributed by atoms with Crippen molar-refractivity contribution in [3.63, 3.8) is 0 Å². The van der Waals surface area contributed by atoms with E-state index in [9.17, 15) is 30.3 Å². The summed E-state index contributed by atoms with van der Waals surface area (Å²) in [6.07, 6.45) is 5.71. The zero-order chi connectivity index (χ0) is 35.5. The number of hydrogen-bond acceptors (Lipinski definition) is 12. The van der Waals surface area contributed by atoms with Crippen LogP contribution in [0.25, 0.3) is 11.0 Å². The molecule has 0 fully saturated rings. The molecule has 5 aliphatic rings. The van der Waals surface area contributed by atoms with Gasteiger partial charge in [0.2, 0.25) is 11.3 Å². The maximum absolute atomic E-state index is 13.3. The van der Waals surface area contributed by atoms with Gasteiger partial charge >= 0.3 is 0 Å². The average Bonchev–Trinajstić information content (AvgIpc) is 3.87. The Bertz CT molecular complexity index is 1940. The molecule has 6 heterocycles. The van der Waals surface area contributed by atoms with Gasteiger partial charge in [0.05, 0.1) is 23.8 Å². The van der Waals surface area contributed by atoms with Crippen molar-refractivity contribution in [2.24, 2.45) is 9.98 Å². The number of nitrogens with zero attached hydrogens (tertiary/aromatic N) is 2. The molecule has 1 aromatic heterocycles. The van der Waals surface area contributed by atoms with Crippen LogP contribution in [0.3, 0.4) is 0 Å². The van der Waals surface area contributed by atoms with E-state index in [1.54, 1.807) is 37.7 Å². The average molecular weight is 693 g/mol. The van der Waals surface area contributed by atoms with Gasteiger partial charge in [-0.2, -0.15) is 0 Å². The highest BCUT2D eigenvalue weighted by atomic mass is 17.2. The van der Waals surface area contributed by atoms with Crippen LogP contribution >= 0.6 is 0 Å². The summed E-state index contributed by atoms with van der Waals surface area (Å²) in [5.74, 6) is 1.07. The van der Waals surface area contributed by atoms with E-state index in [1.165, 1.54) is 6.07 Å². The molecule has 50 heavy (non-hydrogen) atoms. The van der Waals surface area contributed by atoms with E-state index in [0.29, 0.717) is 39.5 Å². The van der Waals surface area contributed by atoms with Gasteiger partial charge in [-0.15, -0.1) is 0 Å². The lowest BCUT2D eigenvalue weighted by Crippen LogP contribution is -3.13. The smallest absolute Gasteiger partial charge is 0.222 e. The van der Waals surface area contributed by atoms with Gasteiger partial charge in [-0.25, -0.2) is 9.78 Å². The van der Waals surface area contributed by atoms with E-state index in [-0.39, 0.29) is 24.4 Å². The first-order valence-corrected chi connectivity index (χ1v) is 16.9. The quantitative estimate of drug-likeness (QED) is 0.106. The molecule has 5 aliphatic heterocycles. The zero-order valence-corrected chi connectivity index (χ0v) is 28.4. The van der Waals surface area contributed by atoms with Gasteiger partial charge in [0.15, 0.2) is 22.8 Å². The van der Waals surface area contributed by atoms with Gasteiger partial charge < -0.3 is 34.7 Å². The topological polar surface area (TPSA) is 193 Å². The first-order chi connectivity index (χ1) is 23.9. The lowest BCUT2D eigenvalue weighted by Gasteiger charge is -2.41. The second kappa shape index (κ2) is 13.1. The molecule has 2 aromatic rings. The predicted octanol–water partition coefficient (Wildman–Crippen LogP) is -1.15. The Hall–Kier alpha value is -3.83. The summed E-state index contributed by atoms with van der Waals surface area (Å²) in [7, 11) is 0. The summed E-state index contributed by atoms with van der Waals surface area (Å²) in [5.41, 5.74) is 2.35.